The number of nitrogens with zero attached hydrogens (tertiary/aromatic N) is 1. The maximum atomic E-state index is 12.3. The van der Waals surface area contributed by atoms with Gasteiger partial charge < -0.3 is 14.2 Å². The molecule has 0 heterocycles. The van der Waals surface area contributed by atoms with E-state index >= 15 is 0 Å². The van der Waals surface area contributed by atoms with Crippen LogP contribution in [-0.2, 0) is 6.61 Å². The summed E-state index contributed by atoms with van der Waals surface area (Å²) in [6.45, 7) is 2.84. The van der Waals surface area contributed by atoms with E-state index in [1.54, 1.807) is 37.6 Å². The molecule has 0 atom stereocenters. The minimum atomic E-state index is -0.307. The Hall–Kier alpha value is -3.59. The van der Waals surface area contributed by atoms with Crippen molar-refractivity contribution in [1.82, 2.24) is 5.43 Å². The molecule has 7 heteroatoms. The summed E-state index contributed by atoms with van der Waals surface area (Å²) < 4.78 is 18.1. The van der Waals surface area contributed by atoms with Gasteiger partial charge in [-0.15, -0.1) is 0 Å². The number of rotatable bonds is 9. The van der Waals surface area contributed by atoms with Crippen LogP contribution in [0.4, 0.5) is 0 Å². The zero-order chi connectivity index (χ0) is 24.6. The topological polar surface area (TPSA) is 69.2 Å². The summed E-state index contributed by atoms with van der Waals surface area (Å²) in [5, 5.41) is 6.45. The summed E-state index contributed by atoms with van der Waals surface area (Å²) in [5.41, 5.74) is 4.93. The Balaban J connectivity index is 1.48. The number of ether oxygens (including phenoxy) is 3. The van der Waals surface area contributed by atoms with Crippen molar-refractivity contribution in [3.63, 3.8) is 0 Å². The highest BCUT2D eigenvalue weighted by atomic mass is 127. The summed E-state index contributed by atoms with van der Waals surface area (Å²) in [6.07, 6.45) is 1.58. The SMILES string of the molecule is CCOc1cc(/C=N\NC(=O)c2ccc(OC)cc2)cc(I)c1OCc1cccc2ccccc12. The van der Waals surface area contributed by atoms with Gasteiger partial charge in [0.1, 0.15) is 12.4 Å². The lowest BCUT2D eigenvalue weighted by atomic mass is 10.1. The number of methoxy groups -OCH3 is 1. The maximum Gasteiger partial charge on any atom is 0.271 e. The fraction of sp³-hybridized carbons (Fsp3) is 0.143. The van der Waals surface area contributed by atoms with Gasteiger partial charge in [0, 0.05) is 5.56 Å². The number of fused-ring (bicyclic) bond motifs is 1. The lowest BCUT2D eigenvalue weighted by Gasteiger charge is -2.15. The van der Waals surface area contributed by atoms with Gasteiger partial charge in [-0.3, -0.25) is 4.79 Å². The van der Waals surface area contributed by atoms with Crippen LogP contribution >= 0.6 is 22.6 Å². The second-order valence-electron chi connectivity index (χ2n) is 7.62. The molecule has 0 saturated carbocycles. The molecule has 0 aliphatic rings. The van der Waals surface area contributed by atoms with Crippen LogP contribution in [0.3, 0.4) is 0 Å². The van der Waals surface area contributed by atoms with Crippen LogP contribution in [0.1, 0.15) is 28.4 Å². The first-order valence-electron chi connectivity index (χ1n) is 11.1. The molecule has 6 nitrogen and oxygen atoms in total. The highest BCUT2D eigenvalue weighted by Crippen LogP contribution is 2.35. The summed E-state index contributed by atoms with van der Waals surface area (Å²) >= 11 is 2.23. The van der Waals surface area contributed by atoms with E-state index in [2.05, 4.69) is 57.4 Å². The molecule has 35 heavy (non-hydrogen) atoms. The van der Waals surface area contributed by atoms with E-state index in [0.29, 0.717) is 36.0 Å². The van der Waals surface area contributed by atoms with Crippen molar-refractivity contribution >= 4 is 45.5 Å². The van der Waals surface area contributed by atoms with E-state index < -0.39 is 0 Å². The quantitative estimate of drug-likeness (QED) is 0.146. The number of hydrogen-bond donors (Lipinski definition) is 1. The first-order valence-corrected chi connectivity index (χ1v) is 12.2. The average molecular weight is 580 g/mol. The first-order chi connectivity index (χ1) is 17.1. The summed E-state index contributed by atoms with van der Waals surface area (Å²) in [7, 11) is 1.58. The predicted molar refractivity (Wildman–Crippen MR) is 147 cm³/mol. The van der Waals surface area contributed by atoms with Gasteiger partial charge in [-0.2, -0.15) is 5.10 Å². The molecule has 0 spiro atoms. The third kappa shape index (κ3) is 6.10. The van der Waals surface area contributed by atoms with Crippen molar-refractivity contribution in [3.05, 3.63) is 99.1 Å². The van der Waals surface area contributed by atoms with E-state index in [4.69, 9.17) is 14.2 Å². The van der Waals surface area contributed by atoms with Gasteiger partial charge >= 0.3 is 0 Å². The first kappa shape index (κ1) is 24.5. The van der Waals surface area contributed by atoms with E-state index in [1.165, 1.54) is 10.8 Å². The van der Waals surface area contributed by atoms with Gasteiger partial charge in [-0.25, -0.2) is 5.43 Å². The molecule has 0 saturated heterocycles. The number of benzene rings is 4. The molecular formula is C28H25IN2O4. The van der Waals surface area contributed by atoms with Crippen molar-refractivity contribution in [3.8, 4) is 17.2 Å². The monoisotopic (exact) mass is 580 g/mol. The van der Waals surface area contributed by atoms with Crippen LogP contribution in [0.25, 0.3) is 10.8 Å². The number of nitrogens with one attached hydrogen (secondary N) is 1. The van der Waals surface area contributed by atoms with Crippen molar-refractivity contribution in [1.29, 1.82) is 0 Å². The molecule has 0 radical (unpaired) electrons. The van der Waals surface area contributed by atoms with E-state index in [0.717, 1.165) is 14.7 Å². The minimum Gasteiger partial charge on any atom is -0.497 e. The molecule has 0 fully saturated rings. The van der Waals surface area contributed by atoms with E-state index in [1.807, 2.05) is 37.3 Å². The standard InChI is InChI=1S/C28H25IN2O4/c1-3-34-26-16-19(17-30-31-28(32)21-11-13-23(33-2)14-12-21)15-25(29)27(26)35-18-22-9-6-8-20-7-4-5-10-24(20)22/h4-17H,3,18H2,1-2H3,(H,31,32)/b30-17-. The van der Waals surface area contributed by atoms with Gasteiger partial charge in [0.05, 0.1) is 23.5 Å². The largest absolute Gasteiger partial charge is 0.497 e. The molecule has 0 bridgehead atoms. The Morgan fingerprint density at radius 2 is 1.77 bits per heavy atom. The molecular weight excluding hydrogens is 555 g/mol. The van der Waals surface area contributed by atoms with Crippen molar-refractivity contribution in [2.75, 3.05) is 13.7 Å². The molecule has 4 rings (SSSR count). The highest BCUT2D eigenvalue weighted by molar-refractivity contribution is 14.1. The Labute approximate surface area is 218 Å². The van der Waals surface area contributed by atoms with Crippen molar-refractivity contribution in [2.24, 2.45) is 5.10 Å². The van der Waals surface area contributed by atoms with Crippen LogP contribution in [0.15, 0.2) is 84.0 Å². The van der Waals surface area contributed by atoms with Crippen molar-refractivity contribution in [2.45, 2.75) is 13.5 Å². The Bertz CT molecular complexity index is 1350. The van der Waals surface area contributed by atoms with Crippen molar-refractivity contribution < 1.29 is 19.0 Å². The number of hydrogen-bond acceptors (Lipinski definition) is 5. The maximum absolute atomic E-state index is 12.3. The highest BCUT2D eigenvalue weighted by Gasteiger charge is 2.13. The number of hydrazone groups is 1. The van der Waals surface area contributed by atoms with Crippen LogP contribution < -0.4 is 19.6 Å². The molecule has 0 aliphatic heterocycles. The zero-order valence-corrected chi connectivity index (χ0v) is 21.6. The number of halogens is 1. The molecule has 1 amide bonds. The fourth-order valence-electron chi connectivity index (χ4n) is 3.61. The van der Waals surface area contributed by atoms with E-state index in [9.17, 15) is 4.79 Å². The number of carbonyl (C=O) groups excluding carboxylic acids is 1. The number of amides is 1. The van der Waals surface area contributed by atoms with Gasteiger partial charge in [0.15, 0.2) is 11.5 Å². The lowest BCUT2D eigenvalue weighted by Crippen LogP contribution is -2.17. The lowest BCUT2D eigenvalue weighted by molar-refractivity contribution is 0.0955. The Kier molecular flexibility index (Phi) is 8.20. The van der Waals surface area contributed by atoms with Crippen LogP contribution in [0.2, 0.25) is 0 Å². The van der Waals surface area contributed by atoms with Crippen LogP contribution in [0.5, 0.6) is 17.2 Å². The van der Waals surface area contributed by atoms with Crippen LogP contribution in [-0.4, -0.2) is 25.8 Å². The summed E-state index contributed by atoms with van der Waals surface area (Å²) in [5.74, 6) is 1.69. The Morgan fingerprint density at radius 3 is 2.54 bits per heavy atom. The minimum absolute atomic E-state index is 0.307. The normalized spacial score (nSPS) is 10.9. The molecule has 178 valence electrons. The zero-order valence-electron chi connectivity index (χ0n) is 19.5. The molecule has 4 aromatic rings. The number of carbonyl (C=O) groups is 1. The van der Waals surface area contributed by atoms with Gasteiger partial charge in [0.25, 0.3) is 5.91 Å². The molecule has 1 N–H and O–H groups in total. The van der Waals surface area contributed by atoms with Gasteiger partial charge in [0.2, 0.25) is 0 Å². The predicted octanol–water partition coefficient (Wildman–Crippen LogP) is 6.19. The second-order valence-corrected chi connectivity index (χ2v) is 8.78. The molecule has 4 aromatic carbocycles. The molecule has 0 aromatic heterocycles. The van der Waals surface area contributed by atoms with Crippen LogP contribution in [0, 0.1) is 3.57 Å². The summed E-state index contributed by atoms with van der Waals surface area (Å²) in [4.78, 5) is 12.3. The third-order valence-corrected chi connectivity index (χ3v) is 6.12. The molecule has 0 unspecified atom stereocenters. The molecule has 0 aliphatic carbocycles. The summed E-state index contributed by atoms with van der Waals surface area (Å²) in [6, 6.07) is 25.1. The van der Waals surface area contributed by atoms with Gasteiger partial charge in [-0.1, -0.05) is 42.5 Å². The Morgan fingerprint density at radius 1 is 1.00 bits per heavy atom. The fourth-order valence-corrected chi connectivity index (χ4v) is 4.39. The second kappa shape index (κ2) is 11.7. The smallest absolute Gasteiger partial charge is 0.271 e. The average Bonchev–Trinajstić information content (AvgIpc) is 2.88. The third-order valence-electron chi connectivity index (χ3n) is 5.32. The van der Waals surface area contributed by atoms with E-state index in [-0.39, 0.29) is 5.91 Å². The van der Waals surface area contributed by atoms with Gasteiger partial charge in [-0.05, 0) is 87.8 Å².